The number of hydrogen-bond acceptors (Lipinski definition) is 7. The molecule has 10 nitrogen and oxygen atoms in total. The molecule has 2 fully saturated rings. The van der Waals surface area contributed by atoms with Crippen molar-refractivity contribution >= 4 is 23.3 Å². The topological polar surface area (TPSA) is 137 Å². The maximum Gasteiger partial charge on any atom is 0.490 e. The number of fused-ring (bicyclic) bond motifs is 1. The fraction of sp³-hybridized carbons (Fsp3) is 0.481. The highest BCUT2D eigenvalue weighted by molar-refractivity contribution is 5.83. The number of aryl methyl sites for hydroxylation is 1. The van der Waals surface area contributed by atoms with Crippen LogP contribution in [-0.2, 0) is 15.2 Å². The molecule has 3 aromatic rings. The molecule has 0 bridgehead atoms. The predicted molar refractivity (Wildman–Crippen MR) is 142 cm³/mol. The van der Waals surface area contributed by atoms with E-state index in [1.165, 1.54) is 6.07 Å². The van der Waals surface area contributed by atoms with E-state index in [1.807, 2.05) is 18.0 Å². The fourth-order valence-corrected chi connectivity index (χ4v) is 4.80. The van der Waals surface area contributed by atoms with Crippen molar-refractivity contribution in [3.63, 3.8) is 0 Å². The third kappa shape index (κ3) is 6.31. The lowest BCUT2D eigenvalue weighted by Gasteiger charge is -2.32. The van der Waals surface area contributed by atoms with Gasteiger partial charge in [-0.1, -0.05) is 12.1 Å². The molecule has 3 heterocycles. The number of aromatic nitrogens is 3. The number of hydrogen-bond donors (Lipinski definition) is 3. The molecule has 5 rings (SSSR count). The number of likely N-dealkylation sites (N-methyl/N-ethyl adjacent to an activating group) is 1. The maximum atomic E-state index is 13.5. The van der Waals surface area contributed by atoms with Gasteiger partial charge in [0.15, 0.2) is 11.5 Å². The minimum atomic E-state index is -5.08. The fourth-order valence-electron chi connectivity index (χ4n) is 4.80. The van der Waals surface area contributed by atoms with Crippen molar-refractivity contribution in [1.29, 1.82) is 0 Å². The van der Waals surface area contributed by atoms with Gasteiger partial charge >= 0.3 is 12.1 Å². The lowest BCUT2D eigenvalue weighted by Crippen LogP contribution is -2.47. The van der Waals surface area contributed by atoms with Crippen LogP contribution >= 0.6 is 0 Å². The Kier molecular flexibility index (Phi) is 8.47. The minimum absolute atomic E-state index is 0.0175. The van der Waals surface area contributed by atoms with E-state index in [2.05, 4.69) is 21.9 Å². The van der Waals surface area contributed by atoms with Gasteiger partial charge < -0.3 is 25.7 Å². The zero-order valence-electron chi connectivity index (χ0n) is 23.1. The molecule has 42 heavy (non-hydrogen) atoms. The second-order valence-corrected chi connectivity index (χ2v) is 10.7. The summed E-state index contributed by atoms with van der Waals surface area (Å²) in [5.41, 5.74) is 7.40. The van der Waals surface area contributed by atoms with Crippen molar-refractivity contribution < 1.29 is 41.8 Å². The Hall–Kier alpha value is -3.85. The van der Waals surface area contributed by atoms with Gasteiger partial charge in [-0.25, -0.2) is 23.5 Å². The van der Waals surface area contributed by atoms with Gasteiger partial charge in [-0.15, -0.1) is 0 Å². The summed E-state index contributed by atoms with van der Waals surface area (Å²) in [5, 5.41) is 17.4. The van der Waals surface area contributed by atoms with Crippen LogP contribution in [0, 0.1) is 12.8 Å². The van der Waals surface area contributed by atoms with Gasteiger partial charge in [-0.2, -0.15) is 13.2 Å². The summed E-state index contributed by atoms with van der Waals surface area (Å²) in [7, 11) is 2.05. The summed E-state index contributed by atoms with van der Waals surface area (Å²) in [5.74, 6) is -2.48. The molecule has 228 valence electrons. The van der Waals surface area contributed by atoms with Crippen LogP contribution in [0.5, 0.6) is 0 Å². The third-order valence-corrected chi connectivity index (χ3v) is 7.60. The highest BCUT2D eigenvalue weighted by Crippen LogP contribution is 2.48. The number of imidazole rings is 1. The van der Waals surface area contributed by atoms with Gasteiger partial charge in [-0.05, 0) is 44.5 Å². The Morgan fingerprint density at radius 3 is 2.33 bits per heavy atom. The zero-order chi connectivity index (χ0) is 31.1. The van der Waals surface area contributed by atoms with Crippen molar-refractivity contribution in [2.24, 2.45) is 5.92 Å². The summed E-state index contributed by atoms with van der Waals surface area (Å²) >= 11 is 0. The molecular formula is C27H31F5N6O4. The number of nitrogens with two attached hydrogens (primary N) is 1. The number of piperazine rings is 1. The molecule has 1 aliphatic heterocycles. The number of amides is 1. The molecule has 3 atom stereocenters. The molecule has 3 unspecified atom stereocenters. The van der Waals surface area contributed by atoms with E-state index >= 15 is 0 Å². The average Bonchev–Trinajstić information content (AvgIpc) is 3.60. The summed E-state index contributed by atoms with van der Waals surface area (Å²) in [6, 6.07) is 4.78. The van der Waals surface area contributed by atoms with E-state index in [0.29, 0.717) is 16.9 Å². The van der Waals surface area contributed by atoms with Crippen molar-refractivity contribution in [2.75, 3.05) is 39.0 Å². The minimum Gasteiger partial charge on any atom is -0.475 e. The molecule has 15 heteroatoms. The molecule has 0 spiro atoms. The molecule has 4 N–H and O–H groups in total. The van der Waals surface area contributed by atoms with Crippen LogP contribution < -0.4 is 5.73 Å². The van der Waals surface area contributed by atoms with Crippen molar-refractivity contribution in [1.82, 2.24) is 24.2 Å². The van der Waals surface area contributed by atoms with E-state index in [1.54, 1.807) is 22.7 Å². The molecule has 1 amide bonds. The number of carboxylic acid groups (broad SMARTS) is 1. The summed E-state index contributed by atoms with van der Waals surface area (Å²) < 4.78 is 60.5. The van der Waals surface area contributed by atoms with Gasteiger partial charge in [-0.3, -0.25) is 9.20 Å². The second-order valence-electron chi connectivity index (χ2n) is 10.7. The molecule has 0 radical (unpaired) electrons. The summed E-state index contributed by atoms with van der Waals surface area (Å²) in [6.07, 6.45) is -3.83. The number of aliphatic carboxylic acids is 1. The van der Waals surface area contributed by atoms with Crippen LogP contribution in [0.15, 0.2) is 30.6 Å². The highest BCUT2D eigenvalue weighted by atomic mass is 19.4. The van der Waals surface area contributed by atoms with Crippen LogP contribution in [0.2, 0.25) is 0 Å². The Balaban J connectivity index is 0.000000517. The number of benzene rings is 1. The molecule has 1 saturated carbocycles. The van der Waals surface area contributed by atoms with E-state index in [-0.39, 0.29) is 29.1 Å². The van der Waals surface area contributed by atoms with E-state index < -0.39 is 24.2 Å². The molecule has 1 saturated heterocycles. The molecular weight excluding hydrogens is 567 g/mol. The zero-order valence-corrected chi connectivity index (χ0v) is 23.1. The third-order valence-electron chi connectivity index (χ3n) is 7.60. The molecule has 1 aliphatic carbocycles. The van der Waals surface area contributed by atoms with Crippen LogP contribution in [0.4, 0.5) is 27.8 Å². The lowest BCUT2D eigenvalue weighted by molar-refractivity contribution is -0.192. The number of carboxylic acids is 1. The first-order valence-corrected chi connectivity index (χ1v) is 13.0. The van der Waals surface area contributed by atoms with Crippen molar-refractivity contribution in [3.05, 3.63) is 47.4 Å². The van der Waals surface area contributed by atoms with Crippen LogP contribution in [0.3, 0.4) is 0 Å². The first kappa shape index (κ1) is 31.1. The Morgan fingerprint density at radius 2 is 1.76 bits per heavy atom. The highest BCUT2D eigenvalue weighted by Gasteiger charge is 2.47. The van der Waals surface area contributed by atoms with Gasteiger partial charge in [0.25, 0.3) is 6.43 Å². The van der Waals surface area contributed by atoms with Crippen LogP contribution in [-0.4, -0.2) is 92.1 Å². The average molecular weight is 599 g/mol. The maximum absolute atomic E-state index is 13.5. The Morgan fingerprint density at radius 1 is 1.14 bits per heavy atom. The number of alkyl halides is 5. The van der Waals surface area contributed by atoms with Crippen LogP contribution in [0.1, 0.15) is 36.1 Å². The van der Waals surface area contributed by atoms with Gasteiger partial charge in [0.2, 0.25) is 5.91 Å². The summed E-state index contributed by atoms with van der Waals surface area (Å²) in [4.78, 5) is 35.0. The summed E-state index contributed by atoms with van der Waals surface area (Å²) in [6.45, 7) is 6.18. The van der Waals surface area contributed by atoms with Gasteiger partial charge in [0.05, 0.1) is 17.6 Å². The number of rotatable bonds is 5. The smallest absolute Gasteiger partial charge is 0.475 e. The number of carbonyl (C=O) groups is 2. The number of nitrogen functional groups attached to an aromatic ring is 1. The van der Waals surface area contributed by atoms with Crippen molar-refractivity contribution in [3.8, 4) is 11.3 Å². The molecule has 1 aromatic carbocycles. The number of nitrogens with zero attached hydrogens (tertiary/aromatic N) is 5. The quantitative estimate of drug-likeness (QED) is 0.381. The predicted octanol–water partition coefficient (Wildman–Crippen LogP) is 3.27. The van der Waals surface area contributed by atoms with Gasteiger partial charge in [0.1, 0.15) is 5.60 Å². The Labute approximate surface area is 237 Å². The largest absolute Gasteiger partial charge is 0.490 e. The molecule has 2 aromatic heterocycles. The normalized spacial score (nSPS) is 20.7. The first-order chi connectivity index (χ1) is 19.5. The van der Waals surface area contributed by atoms with E-state index in [9.17, 15) is 31.9 Å². The Bertz CT molecular complexity index is 1480. The number of anilines is 1. The van der Waals surface area contributed by atoms with Gasteiger partial charge in [0, 0.05) is 49.8 Å². The monoisotopic (exact) mass is 598 g/mol. The lowest BCUT2D eigenvalue weighted by atomic mass is 9.92. The SMILES string of the molecule is Cc1ccc(C(C)(O)C(F)F)cc1-c1cnc2c(N)nc(C3CC3C(=O)N3CCN(C)CC3)cn12.O=C(O)C(F)(F)F. The van der Waals surface area contributed by atoms with E-state index in [4.69, 9.17) is 15.6 Å². The molecule has 2 aliphatic rings. The van der Waals surface area contributed by atoms with Crippen LogP contribution in [0.25, 0.3) is 16.9 Å². The number of carbonyl (C=O) groups excluding carboxylic acids is 1. The number of aliphatic hydroxyl groups is 1. The first-order valence-electron chi connectivity index (χ1n) is 13.0. The standard InChI is InChI=1S/C25H30F2N6O2.C2HF3O2/c1-14-4-5-15(25(2,35)24(26)27)10-16(14)20-12-29-22-21(28)30-19(13-33(20)22)17-11-18(17)23(34)32-8-6-31(3)7-9-32;3-2(4,5)1(6)7/h4-5,10,12-13,17-18,24,35H,6-9,11H2,1-3H3,(H2,28,30);(H,6,7). The number of halogens is 5. The van der Waals surface area contributed by atoms with Crippen molar-refractivity contribution in [2.45, 2.75) is 44.4 Å². The van der Waals surface area contributed by atoms with E-state index in [0.717, 1.165) is 50.8 Å². The second kappa shape index (κ2) is 11.4.